The van der Waals surface area contributed by atoms with Crippen molar-refractivity contribution in [2.75, 3.05) is 27.9 Å². The van der Waals surface area contributed by atoms with Crippen molar-refractivity contribution in [3.8, 4) is 5.75 Å². The first-order chi connectivity index (χ1) is 8.78. The van der Waals surface area contributed by atoms with E-state index in [1.54, 1.807) is 21.3 Å². The van der Waals surface area contributed by atoms with E-state index in [2.05, 4.69) is 17.4 Å². The van der Waals surface area contributed by atoms with Crippen LogP contribution in [0.4, 0.5) is 0 Å². The maximum absolute atomic E-state index is 5.53. The van der Waals surface area contributed by atoms with Gasteiger partial charge in [0.25, 0.3) is 0 Å². The fraction of sp³-hybridized carbons (Fsp3) is 0.571. The molecule has 1 aromatic carbocycles. The second-order valence-corrected chi connectivity index (χ2v) is 4.54. The summed E-state index contributed by atoms with van der Waals surface area (Å²) in [7, 11) is 5.15. The third-order valence-corrected chi connectivity index (χ3v) is 3.53. The minimum atomic E-state index is 0.108. The van der Waals surface area contributed by atoms with Gasteiger partial charge in [-0.2, -0.15) is 0 Å². The molecule has 1 aromatic rings. The highest BCUT2D eigenvalue weighted by atomic mass is 16.5. The molecule has 0 amide bonds. The van der Waals surface area contributed by atoms with Gasteiger partial charge >= 0.3 is 0 Å². The van der Waals surface area contributed by atoms with Crippen molar-refractivity contribution in [2.24, 2.45) is 0 Å². The minimum absolute atomic E-state index is 0.108. The Morgan fingerprint density at radius 3 is 2.39 bits per heavy atom. The van der Waals surface area contributed by atoms with E-state index in [1.807, 2.05) is 12.1 Å². The van der Waals surface area contributed by atoms with Crippen LogP contribution in [0.25, 0.3) is 0 Å². The molecule has 0 aliphatic carbocycles. The zero-order valence-electron chi connectivity index (χ0n) is 11.2. The summed E-state index contributed by atoms with van der Waals surface area (Å²) in [5.41, 5.74) is 1.27. The summed E-state index contributed by atoms with van der Waals surface area (Å²) in [4.78, 5) is 0. The fourth-order valence-corrected chi connectivity index (χ4v) is 2.50. The molecule has 1 N–H and O–H groups in total. The number of benzene rings is 1. The molecule has 100 valence electrons. The molecule has 0 radical (unpaired) electrons. The van der Waals surface area contributed by atoms with Gasteiger partial charge in [0, 0.05) is 26.8 Å². The Morgan fingerprint density at radius 1 is 1.11 bits per heavy atom. The van der Waals surface area contributed by atoms with Gasteiger partial charge in [0.1, 0.15) is 11.9 Å². The van der Waals surface area contributed by atoms with Gasteiger partial charge < -0.3 is 19.5 Å². The van der Waals surface area contributed by atoms with E-state index in [9.17, 15) is 0 Å². The van der Waals surface area contributed by atoms with Crippen molar-refractivity contribution in [1.29, 1.82) is 0 Å². The summed E-state index contributed by atoms with van der Waals surface area (Å²) in [5, 5.41) is 3.45. The van der Waals surface area contributed by atoms with Crippen LogP contribution >= 0.6 is 0 Å². The van der Waals surface area contributed by atoms with E-state index in [-0.39, 0.29) is 12.2 Å². The molecule has 1 fully saturated rings. The van der Waals surface area contributed by atoms with E-state index in [4.69, 9.17) is 14.2 Å². The van der Waals surface area contributed by atoms with Crippen LogP contribution in [0.15, 0.2) is 24.3 Å². The second kappa shape index (κ2) is 6.18. The highest BCUT2D eigenvalue weighted by Crippen LogP contribution is 2.19. The maximum Gasteiger partial charge on any atom is 0.118 e. The third-order valence-electron chi connectivity index (χ3n) is 3.53. The number of nitrogens with one attached hydrogen (secondary N) is 1. The lowest BCUT2D eigenvalue weighted by Crippen LogP contribution is -2.37. The van der Waals surface area contributed by atoms with Crippen LogP contribution in [-0.2, 0) is 15.9 Å². The molecule has 0 spiro atoms. The predicted octanol–water partition coefficient (Wildman–Crippen LogP) is 1.24. The lowest BCUT2D eigenvalue weighted by atomic mass is 10.0. The fourth-order valence-electron chi connectivity index (χ4n) is 2.50. The molecule has 4 nitrogen and oxygen atoms in total. The molecule has 1 aliphatic heterocycles. The van der Waals surface area contributed by atoms with Gasteiger partial charge in [0.15, 0.2) is 0 Å². The summed E-state index contributed by atoms with van der Waals surface area (Å²) < 4.78 is 16.1. The zero-order valence-corrected chi connectivity index (χ0v) is 11.2. The number of hydrogen-bond donors (Lipinski definition) is 1. The molecule has 1 saturated heterocycles. The summed E-state index contributed by atoms with van der Waals surface area (Å²) in [5.74, 6) is 0.885. The van der Waals surface area contributed by atoms with Crippen LogP contribution < -0.4 is 10.1 Å². The smallest absolute Gasteiger partial charge is 0.118 e. The SMILES string of the molecule is COc1ccc(CC2NC[C@H](OC)[C@H]2OC)cc1. The van der Waals surface area contributed by atoms with Crippen molar-refractivity contribution in [1.82, 2.24) is 5.32 Å². The van der Waals surface area contributed by atoms with Crippen LogP contribution in [-0.4, -0.2) is 46.1 Å². The van der Waals surface area contributed by atoms with Gasteiger partial charge in [-0.3, -0.25) is 0 Å². The Kier molecular flexibility index (Phi) is 4.58. The summed E-state index contributed by atoms with van der Waals surface area (Å²) in [6.45, 7) is 0.843. The van der Waals surface area contributed by atoms with E-state index in [0.29, 0.717) is 6.04 Å². The van der Waals surface area contributed by atoms with E-state index < -0.39 is 0 Å². The monoisotopic (exact) mass is 251 g/mol. The van der Waals surface area contributed by atoms with Gasteiger partial charge in [-0.15, -0.1) is 0 Å². The Labute approximate surface area is 108 Å². The average Bonchev–Trinajstić information content (AvgIpc) is 2.81. The Morgan fingerprint density at radius 2 is 1.83 bits per heavy atom. The Bertz CT molecular complexity index is 366. The van der Waals surface area contributed by atoms with Gasteiger partial charge in [0.05, 0.1) is 13.2 Å². The van der Waals surface area contributed by atoms with Crippen molar-refractivity contribution in [3.63, 3.8) is 0 Å². The van der Waals surface area contributed by atoms with E-state index >= 15 is 0 Å². The van der Waals surface area contributed by atoms with Crippen LogP contribution in [0.1, 0.15) is 5.56 Å². The molecule has 0 saturated carbocycles. The molecule has 2 rings (SSSR count). The maximum atomic E-state index is 5.53. The number of ether oxygens (including phenoxy) is 3. The lowest BCUT2D eigenvalue weighted by molar-refractivity contribution is -0.0175. The average molecular weight is 251 g/mol. The van der Waals surface area contributed by atoms with Crippen molar-refractivity contribution in [2.45, 2.75) is 24.7 Å². The molecule has 1 heterocycles. The third kappa shape index (κ3) is 2.83. The highest BCUT2D eigenvalue weighted by Gasteiger charge is 2.35. The molecule has 1 unspecified atom stereocenters. The van der Waals surface area contributed by atoms with E-state index in [1.165, 1.54) is 5.56 Å². The van der Waals surface area contributed by atoms with Crippen molar-refractivity contribution < 1.29 is 14.2 Å². The number of methoxy groups -OCH3 is 3. The molecule has 1 aliphatic rings. The Balaban J connectivity index is 2.00. The van der Waals surface area contributed by atoms with Crippen molar-refractivity contribution in [3.05, 3.63) is 29.8 Å². The van der Waals surface area contributed by atoms with Crippen LogP contribution in [0.5, 0.6) is 5.75 Å². The quantitative estimate of drug-likeness (QED) is 0.854. The zero-order chi connectivity index (χ0) is 13.0. The molecular formula is C14H21NO3. The number of rotatable bonds is 5. The first kappa shape index (κ1) is 13.3. The van der Waals surface area contributed by atoms with Crippen LogP contribution in [0, 0.1) is 0 Å². The molecular weight excluding hydrogens is 230 g/mol. The van der Waals surface area contributed by atoms with Gasteiger partial charge in [-0.05, 0) is 24.1 Å². The molecule has 18 heavy (non-hydrogen) atoms. The van der Waals surface area contributed by atoms with Gasteiger partial charge in [-0.1, -0.05) is 12.1 Å². The highest BCUT2D eigenvalue weighted by molar-refractivity contribution is 5.28. The van der Waals surface area contributed by atoms with E-state index in [0.717, 1.165) is 18.7 Å². The summed E-state index contributed by atoms with van der Waals surface area (Å²) >= 11 is 0. The molecule has 0 aromatic heterocycles. The molecule has 4 heteroatoms. The first-order valence-electron chi connectivity index (χ1n) is 6.20. The van der Waals surface area contributed by atoms with Gasteiger partial charge in [-0.25, -0.2) is 0 Å². The van der Waals surface area contributed by atoms with Crippen LogP contribution in [0.3, 0.4) is 0 Å². The molecule has 0 bridgehead atoms. The first-order valence-corrected chi connectivity index (χ1v) is 6.20. The lowest BCUT2D eigenvalue weighted by Gasteiger charge is -2.21. The molecule has 3 atom stereocenters. The number of hydrogen-bond acceptors (Lipinski definition) is 4. The minimum Gasteiger partial charge on any atom is -0.497 e. The standard InChI is InChI=1S/C14H21NO3/c1-16-11-6-4-10(5-7-11)8-12-14(18-3)13(17-2)9-15-12/h4-7,12-15H,8-9H2,1-3H3/t12?,13-,14-/m0/s1. The van der Waals surface area contributed by atoms with Gasteiger partial charge in [0.2, 0.25) is 0 Å². The normalized spacial score (nSPS) is 27.4. The van der Waals surface area contributed by atoms with Crippen LogP contribution in [0.2, 0.25) is 0 Å². The summed E-state index contributed by atoms with van der Waals surface area (Å²) in [6, 6.07) is 8.45. The Hall–Kier alpha value is -1.10. The predicted molar refractivity (Wildman–Crippen MR) is 70.1 cm³/mol. The summed E-state index contributed by atoms with van der Waals surface area (Å²) in [6.07, 6.45) is 1.18. The largest absolute Gasteiger partial charge is 0.497 e. The topological polar surface area (TPSA) is 39.7 Å². The van der Waals surface area contributed by atoms with Crippen molar-refractivity contribution >= 4 is 0 Å². The second-order valence-electron chi connectivity index (χ2n) is 4.54.